The van der Waals surface area contributed by atoms with E-state index in [1.54, 1.807) is 0 Å². The summed E-state index contributed by atoms with van der Waals surface area (Å²) in [7, 11) is 0. The molecule has 0 saturated heterocycles. The maximum Gasteiger partial charge on any atom is 0.0701 e. The monoisotopic (exact) mass is 485 g/mol. The molecule has 0 atom stereocenters. The van der Waals surface area contributed by atoms with Crippen LogP contribution < -0.4 is 0 Å². The lowest BCUT2D eigenvalue weighted by Crippen LogP contribution is -1.94. The Bertz CT molecular complexity index is 2100. The molecule has 0 unspecified atom stereocenters. The Balaban J connectivity index is 1.45. The molecule has 0 aliphatic heterocycles. The second-order valence-corrected chi connectivity index (χ2v) is 9.70. The normalized spacial score (nSPS) is 11.7. The Morgan fingerprint density at radius 3 is 2.11 bits per heavy atom. The van der Waals surface area contributed by atoms with Gasteiger partial charge in [-0.1, -0.05) is 72.8 Å². The van der Waals surface area contributed by atoms with Crippen molar-refractivity contribution in [1.29, 1.82) is 0 Å². The van der Waals surface area contributed by atoms with Gasteiger partial charge in [-0.05, 0) is 60.0 Å². The van der Waals surface area contributed by atoms with Crippen LogP contribution in [0, 0.1) is 0 Å². The van der Waals surface area contributed by atoms with Gasteiger partial charge in [0, 0.05) is 50.9 Å². The standard InChI is InChI=1S/C35H23N3/c1-2-8-28(9-3-1)38-31-12-5-4-10-29(31)34-32(38)20-17-25-13-14-26-21-23-37(35(26)33(25)34)27-18-15-24(16-19-27)30-11-6-7-22-36-30/h1-23H. The van der Waals surface area contributed by atoms with Crippen molar-refractivity contribution in [2.24, 2.45) is 0 Å². The minimum Gasteiger partial charge on any atom is -0.316 e. The largest absolute Gasteiger partial charge is 0.316 e. The van der Waals surface area contributed by atoms with E-state index in [-0.39, 0.29) is 0 Å². The van der Waals surface area contributed by atoms with Gasteiger partial charge in [-0.2, -0.15) is 0 Å². The lowest BCUT2D eigenvalue weighted by Gasteiger charge is -2.11. The van der Waals surface area contributed by atoms with Crippen LogP contribution >= 0.6 is 0 Å². The molecular weight excluding hydrogens is 462 g/mol. The highest BCUT2D eigenvalue weighted by Crippen LogP contribution is 2.40. The molecule has 0 radical (unpaired) electrons. The minimum absolute atomic E-state index is 0.984. The van der Waals surface area contributed by atoms with Crippen LogP contribution in [0.4, 0.5) is 0 Å². The van der Waals surface area contributed by atoms with Crippen molar-refractivity contribution < 1.29 is 0 Å². The zero-order valence-electron chi connectivity index (χ0n) is 20.6. The number of nitrogens with zero attached hydrogens (tertiary/aromatic N) is 3. The van der Waals surface area contributed by atoms with E-state index >= 15 is 0 Å². The predicted octanol–water partition coefficient (Wildman–Crippen LogP) is 8.94. The van der Waals surface area contributed by atoms with Crippen molar-refractivity contribution in [3.63, 3.8) is 0 Å². The second kappa shape index (κ2) is 8.19. The Hall–Kier alpha value is -5.15. The van der Waals surface area contributed by atoms with Crippen molar-refractivity contribution in [2.75, 3.05) is 0 Å². The highest BCUT2D eigenvalue weighted by atomic mass is 15.0. The molecule has 0 spiro atoms. The molecule has 3 heteroatoms. The first-order valence-corrected chi connectivity index (χ1v) is 12.9. The lowest BCUT2D eigenvalue weighted by molar-refractivity contribution is 1.13. The van der Waals surface area contributed by atoms with E-state index < -0.39 is 0 Å². The third kappa shape index (κ3) is 3.06. The number of para-hydroxylation sites is 2. The molecule has 0 N–H and O–H groups in total. The van der Waals surface area contributed by atoms with Crippen molar-refractivity contribution in [3.05, 3.63) is 140 Å². The van der Waals surface area contributed by atoms with Crippen LogP contribution in [0.5, 0.6) is 0 Å². The van der Waals surface area contributed by atoms with E-state index in [9.17, 15) is 0 Å². The molecule has 0 bridgehead atoms. The summed E-state index contributed by atoms with van der Waals surface area (Å²) in [5.41, 5.74) is 8.07. The van der Waals surface area contributed by atoms with E-state index in [0.717, 1.165) is 16.9 Å². The van der Waals surface area contributed by atoms with Gasteiger partial charge in [-0.15, -0.1) is 0 Å². The lowest BCUT2D eigenvalue weighted by atomic mass is 10.0. The Morgan fingerprint density at radius 1 is 0.500 bits per heavy atom. The maximum absolute atomic E-state index is 4.51. The minimum atomic E-state index is 0.984. The first kappa shape index (κ1) is 21.0. The maximum atomic E-state index is 4.51. The number of aromatic nitrogens is 3. The third-order valence-corrected chi connectivity index (χ3v) is 7.59. The average molecular weight is 486 g/mol. The van der Waals surface area contributed by atoms with Crippen molar-refractivity contribution in [1.82, 2.24) is 14.1 Å². The summed E-state index contributed by atoms with van der Waals surface area (Å²) in [6, 6.07) is 45.4. The molecular formula is C35H23N3. The van der Waals surface area contributed by atoms with Crippen LogP contribution in [0.3, 0.4) is 0 Å². The number of rotatable bonds is 3. The van der Waals surface area contributed by atoms with Gasteiger partial charge in [0.05, 0.1) is 22.2 Å². The van der Waals surface area contributed by atoms with Crippen LogP contribution in [-0.4, -0.2) is 14.1 Å². The number of benzene rings is 5. The van der Waals surface area contributed by atoms with Crippen molar-refractivity contribution in [2.45, 2.75) is 0 Å². The van der Waals surface area contributed by atoms with Gasteiger partial charge < -0.3 is 9.13 Å². The molecule has 8 rings (SSSR count). The zero-order valence-corrected chi connectivity index (χ0v) is 20.6. The zero-order chi connectivity index (χ0) is 25.1. The van der Waals surface area contributed by atoms with Crippen LogP contribution in [0.15, 0.2) is 140 Å². The molecule has 0 amide bonds. The summed E-state index contributed by atoms with van der Waals surface area (Å²) in [5, 5.41) is 6.31. The summed E-state index contributed by atoms with van der Waals surface area (Å²) >= 11 is 0. The first-order chi connectivity index (χ1) is 18.9. The molecule has 3 aromatic heterocycles. The first-order valence-electron chi connectivity index (χ1n) is 12.9. The number of hydrogen-bond donors (Lipinski definition) is 0. The predicted molar refractivity (Wildman–Crippen MR) is 158 cm³/mol. The molecule has 5 aromatic carbocycles. The van der Waals surface area contributed by atoms with Crippen LogP contribution in [0.1, 0.15) is 0 Å². The summed E-state index contributed by atoms with van der Waals surface area (Å²) in [4.78, 5) is 4.51. The number of hydrogen-bond acceptors (Lipinski definition) is 1. The molecule has 0 aliphatic carbocycles. The molecule has 178 valence electrons. The molecule has 3 heterocycles. The van der Waals surface area contributed by atoms with Gasteiger partial charge in [0.2, 0.25) is 0 Å². The number of fused-ring (bicyclic) bond motifs is 7. The molecule has 38 heavy (non-hydrogen) atoms. The topological polar surface area (TPSA) is 22.8 Å². The fraction of sp³-hybridized carbons (Fsp3) is 0. The van der Waals surface area contributed by atoms with Crippen LogP contribution in [0.2, 0.25) is 0 Å². The van der Waals surface area contributed by atoms with Gasteiger partial charge in [0.15, 0.2) is 0 Å². The Kier molecular flexibility index (Phi) is 4.52. The van der Waals surface area contributed by atoms with E-state index in [0.29, 0.717) is 0 Å². The van der Waals surface area contributed by atoms with Gasteiger partial charge in [-0.25, -0.2) is 0 Å². The van der Waals surface area contributed by atoms with E-state index in [1.165, 1.54) is 49.2 Å². The highest BCUT2D eigenvalue weighted by molar-refractivity contribution is 6.27. The fourth-order valence-electron chi connectivity index (χ4n) is 5.89. The van der Waals surface area contributed by atoms with Gasteiger partial charge >= 0.3 is 0 Å². The number of pyridine rings is 1. The van der Waals surface area contributed by atoms with Crippen LogP contribution in [0.25, 0.3) is 66.1 Å². The second-order valence-electron chi connectivity index (χ2n) is 9.70. The van der Waals surface area contributed by atoms with Gasteiger partial charge in [0.1, 0.15) is 0 Å². The summed E-state index contributed by atoms with van der Waals surface area (Å²) in [5.74, 6) is 0. The summed E-state index contributed by atoms with van der Waals surface area (Å²) in [6.07, 6.45) is 4.03. The Morgan fingerprint density at radius 2 is 1.26 bits per heavy atom. The van der Waals surface area contributed by atoms with Gasteiger partial charge in [-0.3, -0.25) is 4.98 Å². The van der Waals surface area contributed by atoms with E-state index in [1.807, 2.05) is 24.4 Å². The summed E-state index contributed by atoms with van der Waals surface area (Å²) in [6.45, 7) is 0. The summed E-state index contributed by atoms with van der Waals surface area (Å²) < 4.78 is 4.71. The fourth-order valence-corrected chi connectivity index (χ4v) is 5.89. The smallest absolute Gasteiger partial charge is 0.0701 e. The molecule has 0 saturated carbocycles. The van der Waals surface area contributed by atoms with Crippen molar-refractivity contribution >= 4 is 43.5 Å². The molecule has 3 nitrogen and oxygen atoms in total. The molecule has 0 fully saturated rings. The van der Waals surface area contributed by atoms with Gasteiger partial charge in [0.25, 0.3) is 0 Å². The van der Waals surface area contributed by atoms with Crippen molar-refractivity contribution in [3.8, 4) is 22.6 Å². The van der Waals surface area contributed by atoms with Crippen LogP contribution in [-0.2, 0) is 0 Å². The molecule has 8 aromatic rings. The highest BCUT2D eigenvalue weighted by Gasteiger charge is 2.18. The third-order valence-electron chi connectivity index (χ3n) is 7.59. The van der Waals surface area contributed by atoms with E-state index in [4.69, 9.17) is 0 Å². The average Bonchev–Trinajstić information content (AvgIpc) is 3.58. The SMILES string of the molecule is c1ccc(-n2c3ccccc3c3c4c(ccc5ccn(-c6ccc(-c7ccccn7)cc6)c54)ccc32)cc1. The Labute approximate surface area is 219 Å². The molecule has 0 aliphatic rings. The van der Waals surface area contributed by atoms with E-state index in [2.05, 4.69) is 130 Å². The quantitative estimate of drug-likeness (QED) is 0.245.